The van der Waals surface area contributed by atoms with Gasteiger partial charge in [-0.1, -0.05) is 53.5 Å². The van der Waals surface area contributed by atoms with Crippen molar-refractivity contribution in [2.45, 2.75) is 13.8 Å². The maximum atomic E-state index is 12.7. The highest BCUT2D eigenvalue weighted by atomic mass is 35.5. The minimum atomic E-state index is -0.387. The van der Waals surface area contributed by atoms with Gasteiger partial charge in [-0.05, 0) is 79.6 Å². The lowest BCUT2D eigenvalue weighted by molar-refractivity contribution is -0.118. The third kappa shape index (κ3) is 8.63. The molecule has 1 heterocycles. The SMILES string of the molecule is CCOc1cc(/C=N\NC(=O)c2ccc(-c3csc(Nc4ccc(Cl)cc4)n3)cc2)cc(Cl)c1OCC(=O)Nc1ccccc1C. The lowest BCUT2D eigenvalue weighted by Gasteiger charge is -2.15. The number of aryl methyl sites for hydroxylation is 1. The largest absolute Gasteiger partial charge is 0.490 e. The van der Waals surface area contributed by atoms with Crippen LogP contribution in [0.4, 0.5) is 16.5 Å². The van der Waals surface area contributed by atoms with Crippen LogP contribution in [-0.4, -0.2) is 36.2 Å². The summed E-state index contributed by atoms with van der Waals surface area (Å²) in [6.07, 6.45) is 1.44. The Morgan fingerprint density at radius 1 is 0.978 bits per heavy atom. The van der Waals surface area contributed by atoms with Crippen LogP contribution in [0, 0.1) is 6.92 Å². The van der Waals surface area contributed by atoms with Crippen molar-refractivity contribution in [1.82, 2.24) is 10.4 Å². The molecule has 5 rings (SSSR count). The van der Waals surface area contributed by atoms with Crippen molar-refractivity contribution < 1.29 is 19.1 Å². The van der Waals surface area contributed by atoms with Gasteiger partial charge in [0.15, 0.2) is 23.2 Å². The van der Waals surface area contributed by atoms with Gasteiger partial charge in [-0.2, -0.15) is 5.10 Å². The van der Waals surface area contributed by atoms with Crippen LogP contribution in [0.15, 0.2) is 95.4 Å². The second-order valence-corrected chi connectivity index (χ2v) is 11.6. The first-order valence-electron chi connectivity index (χ1n) is 14.2. The third-order valence-electron chi connectivity index (χ3n) is 6.52. The summed E-state index contributed by atoms with van der Waals surface area (Å²) in [5, 5.41) is 13.7. The van der Waals surface area contributed by atoms with E-state index in [2.05, 4.69) is 26.1 Å². The number of amides is 2. The van der Waals surface area contributed by atoms with Gasteiger partial charge in [0.1, 0.15) is 0 Å². The van der Waals surface area contributed by atoms with E-state index in [9.17, 15) is 9.59 Å². The van der Waals surface area contributed by atoms with E-state index >= 15 is 0 Å². The zero-order valence-electron chi connectivity index (χ0n) is 24.8. The predicted molar refractivity (Wildman–Crippen MR) is 185 cm³/mol. The number of anilines is 3. The number of nitrogens with zero attached hydrogens (tertiary/aromatic N) is 2. The molecule has 2 amide bonds. The molecule has 0 unspecified atom stereocenters. The molecule has 0 fully saturated rings. The van der Waals surface area contributed by atoms with Crippen LogP contribution in [-0.2, 0) is 4.79 Å². The van der Waals surface area contributed by atoms with E-state index in [0.29, 0.717) is 34.2 Å². The Labute approximate surface area is 280 Å². The Kier molecular flexibility index (Phi) is 10.9. The molecular weight excluding hydrogens is 645 g/mol. The first-order chi connectivity index (χ1) is 22.3. The average molecular weight is 675 g/mol. The smallest absolute Gasteiger partial charge is 0.271 e. The van der Waals surface area contributed by atoms with E-state index in [-0.39, 0.29) is 29.2 Å². The normalized spacial score (nSPS) is 10.9. The van der Waals surface area contributed by atoms with Crippen LogP contribution in [0.2, 0.25) is 10.0 Å². The molecule has 12 heteroatoms. The highest BCUT2D eigenvalue weighted by Gasteiger charge is 2.15. The van der Waals surface area contributed by atoms with Gasteiger partial charge >= 0.3 is 0 Å². The van der Waals surface area contributed by atoms with Gasteiger partial charge in [0.05, 0.1) is 23.5 Å². The fourth-order valence-electron chi connectivity index (χ4n) is 4.25. The number of ether oxygens (including phenoxy) is 2. The number of thiazole rings is 1. The van der Waals surface area contributed by atoms with Gasteiger partial charge in [0.25, 0.3) is 11.8 Å². The van der Waals surface area contributed by atoms with E-state index < -0.39 is 0 Å². The summed E-state index contributed by atoms with van der Waals surface area (Å²) in [4.78, 5) is 29.8. The summed E-state index contributed by atoms with van der Waals surface area (Å²) in [6.45, 7) is 3.80. The van der Waals surface area contributed by atoms with Crippen molar-refractivity contribution in [2.75, 3.05) is 23.8 Å². The van der Waals surface area contributed by atoms with E-state index in [1.54, 1.807) is 24.3 Å². The molecule has 9 nitrogen and oxygen atoms in total. The second kappa shape index (κ2) is 15.4. The topological polar surface area (TPSA) is 114 Å². The molecule has 0 aliphatic rings. The molecule has 5 aromatic rings. The van der Waals surface area contributed by atoms with Crippen LogP contribution in [0.25, 0.3) is 11.3 Å². The molecule has 0 spiro atoms. The molecule has 0 aliphatic carbocycles. The molecule has 234 valence electrons. The Balaban J connectivity index is 1.17. The Hall–Kier alpha value is -4.90. The summed E-state index contributed by atoms with van der Waals surface area (Å²) < 4.78 is 11.4. The van der Waals surface area contributed by atoms with Crippen molar-refractivity contribution in [3.8, 4) is 22.8 Å². The number of aromatic nitrogens is 1. The molecule has 4 aromatic carbocycles. The summed E-state index contributed by atoms with van der Waals surface area (Å²) >= 11 is 13.9. The monoisotopic (exact) mass is 673 g/mol. The van der Waals surface area contributed by atoms with Crippen LogP contribution < -0.4 is 25.5 Å². The molecule has 3 N–H and O–H groups in total. The standard InChI is InChI=1S/C34H29Cl2N5O4S/c1-3-44-30-17-22(16-27(36)32(30)45-19-31(42)39-28-7-5-4-6-21(28)2)18-37-41-33(43)24-10-8-23(9-11-24)29-20-46-34(40-29)38-26-14-12-25(35)13-15-26/h4-18,20H,3,19H2,1-2H3,(H,38,40)(H,39,42)(H,41,43)/b37-18-. The van der Waals surface area contributed by atoms with Gasteiger partial charge in [-0.25, -0.2) is 10.4 Å². The van der Waals surface area contributed by atoms with E-state index in [1.807, 2.05) is 79.9 Å². The molecule has 0 radical (unpaired) electrons. The fraction of sp³-hybridized carbons (Fsp3) is 0.118. The molecular formula is C34H29Cl2N5O4S. The summed E-state index contributed by atoms with van der Waals surface area (Å²) in [5.74, 6) is -0.146. The maximum Gasteiger partial charge on any atom is 0.271 e. The molecule has 0 bridgehead atoms. The first-order valence-corrected chi connectivity index (χ1v) is 15.8. The number of benzene rings is 4. The molecule has 1 aromatic heterocycles. The first kappa shape index (κ1) is 32.5. The van der Waals surface area contributed by atoms with Crippen molar-refractivity contribution >= 4 is 69.1 Å². The van der Waals surface area contributed by atoms with E-state index in [1.165, 1.54) is 17.6 Å². The van der Waals surface area contributed by atoms with Crippen molar-refractivity contribution in [2.24, 2.45) is 5.10 Å². The second-order valence-electron chi connectivity index (χ2n) is 9.86. The van der Waals surface area contributed by atoms with Gasteiger partial charge in [-0.15, -0.1) is 11.3 Å². The summed E-state index contributed by atoms with van der Waals surface area (Å²) in [5.41, 5.74) is 7.69. The summed E-state index contributed by atoms with van der Waals surface area (Å²) in [6, 6.07) is 25.2. The number of carbonyl (C=O) groups is 2. The quantitative estimate of drug-likeness (QED) is 0.0906. The number of hydrogen-bond donors (Lipinski definition) is 3. The molecule has 46 heavy (non-hydrogen) atoms. The average Bonchev–Trinajstić information content (AvgIpc) is 3.51. The summed E-state index contributed by atoms with van der Waals surface area (Å²) in [7, 11) is 0. The fourth-order valence-corrected chi connectivity index (χ4v) is 5.38. The highest BCUT2D eigenvalue weighted by molar-refractivity contribution is 7.14. The molecule has 0 saturated carbocycles. The zero-order valence-corrected chi connectivity index (χ0v) is 27.2. The van der Waals surface area contributed by atoms with Gasteiger partial charge < -0.3 is 20.1 Å². The number of nitrogens with one attached hydrogen (secondary N) is 3. The number of para-hydroxylation sites is 1. The zero-order chi connectivity index (χ0) is 32.5. The Morgan fingerprint density at radius 2 is 1.74 bits per heavy atom. The van der Waals surface area contributed by atoms with Crippen LogP contribution in [0.1, 0.15) is 28.4 Å². The number of carbonyl (C=O) groups excluding carboxylic acids is 2. The number of rotatable bonds is 12. The Bertz CT molecular complexity index is 1860. The highest BCUT2D eigenvalue weighted by Crippen LogP contribution is 2.36. The van der Waals surface area contributed by atoms with Gasteiger partial charge in [0.2, 0.25) is 0 Å². The van der Waals surface area contributed by atoms with Gasteiger partial charge in [-0.3, -0.25) is 9.59 Å². The van der Waals surface area contributed by atoms with E-state index in [4.69, 9.17) is 32.7 Å². The van der Waals surface area contributed by atoms with E-state index in [0.717, 1.165) is 27.6 Å². The number of hydrogen-bond acceptors (Lipinski definition) is 8. The lowest BCUT2D eigenvalue weighted by Crippen LogP contribution is -2.21. The molecule has 0 aliphatic heterocycles. The number of halogens is 2. The van der Waals surface area contributed by atoms with Crippen LogP contribution in [0.3, 0.4) is 0 Å². The van der Waals surface area contributed by atoms with Crippen molar-refractivity contribution in [1.29, 1.82) is 0 Å². The van der Waals surface area contributed by atoms with Crippen LogP contribution >= 0.6 is 34.5 Å². The Morgan fingerprint density at radius 3 is 2.48 bits per heavy atom. The molecule has 0 saturated heterocycles. The van der Waals surface area contributed by atoms with Gasteiger partial charge in [0, 0.05) is 32.9 Å². The van der Waals surface area contributed by atoms with Crippen molar-refractivity contribution in [3.05, 3.63) is 117 Å². The number of hydrazone groups is 1. The minimum absolute atomic E-state index is 0.228. The predicted octanol–water partition coefficient (Wildman–Crippen LogP) is 8.35. The van der Waals surface area contributed by atoms with Crippen molar-refractivity contribution in [3.63, 3.8) is 0 Å². The molecule has 0 atom stereocenters. The lowest BCUT2D eigenvalue weighted by atomic mass is 10.1. The minimum Gasteiger partial charge on any atom is -0.490 e. The maximum absolute atomic E-state index is 12.7. The third-order valence-corrected chi connectivity index (χ3v) is 7.81. The van der Waals surface area contributed by atoms with Crippen LogP contribution in [0.5, 0.6) is 11.5 Å².